The van der Waals surface area contributed by atoms with Crippen molar-refractivity contribution in [3.8, 4) is 5.75 Å². The summed E-state index contributed by atoms with van der Waals surface area (Å²) in [6.07, 6.45) is 9.59. The number of carbonyl (C=O) groups is 1. The minimum absolute atomic E-state index is 0.138. The molecule has 2 aliphatic rings. The van der Waals surface area contributed by atoms with Crippen LogP contribution in [-0.4, -0.2) is 30.0 Å². The van der Waals surface area contributed by atoms with Crippen molar-refractivity contribution in [1.82, 2.24) is 4.90 Å². The van der Waals surface area contributed by atoms with Gasteiger partial charge in [0.25, 0.3) is 5.91 Å². The van der Waals surface area contributed by atoms with Crippen LogP contribution in [0, 0.1) is 0 Å². The zero-order chi connectivity index (χ0) is 16.2. The maximum atomic E-state index is 13.3. The Bertz CT molecular complexity index is 550. The second-order valence-corrected chi connectivity index (χ2v) is 7.02. The summed E-state index contributed by atoms with van der Waals surface area (Å²) in [4.78, 5) is 15.5. The molecule has 0 heterocycles. The third-order valence-electron chi connectivity index (χ3n) is 5.32. The van der Waals surface area contributed by atoms with E-state index in [9.17, 15) is 4.79 Å². The first-order chi connectivity index (χ1) is 11.2. The van der Waals surface area contributed by atoms with Crippen LogP contribution < -0.4 is 4.74 Å². The molecule has 0 aliphatic heterocycles. The Kier molecular flexibility index (Phi) is 5.47. The van der Waals surface area contributed by atoms with Crippen molar-refractivity contribution in [3.63, 3.8) is 0 Å². The summed E-state index contributed by atoms with van der Waals surface area (Å²) in [5.74, 6) is 1.22. The first kappa shape index (κ1) is 16.6. The minimum Gasteiger partial charge on any atom is -0.496 e. The van der Waals surface area contributed by atoms with Crippen LogP contribution in [0.25, 0.3) is 0 Å². The average molecular weight is 336 g/mol. The smallest absolute Gasteiger partial charge is 0.258 e. The summed E-state index contributed by atoms with van der Waals surface area (Å²) in [5, 5.41) is 0. The van der Waals surface area contributed by atoms with Crippen LogP contribution in [0.2, 0.25) is 0 Å². The molecule has 2 saturated carbocycles. The molecule has 23 heavy (non-hydrogen) atoms. The van der Waals surface area contributed by atoms with E-state index in [0.29, 0.717) is 29.3 Å². The van der Waals surface area contributed by atoms with Crippen LogP contribution in [0.3, 0.4) is 0 Å². The quantitative estimate of drug-likeness (QED) is 0.726. The average Bonchev–Trinajstić information content (AvgIpc) is 2.57. The molecule has 2 fully saturated rings. The van der Waals surface area contributed by atoms with Gasteiger partial charge in [-0.1, -0.05) is 25.3 Å². The number of hydrogen-bond acceptors (Lipinski definition) is 2. The molecule has 3 nitrogen and oxygen atoms in total. The number of halogens is 1. The van der Waals surface area contributed by atoms with Crippen molar-refractivity contribution in [3.05, 3.63) is 29.3 Å². The van der Waals surface area contributed by atoms with Gasteiger partial charge in [-0.05, 0) is 49.8 Å². The first-order valence-corrected chi connectivity index (χ1v) is 9.33. The third kappa shape index (κ3) is 3.50. The Labute approximate surface area is 144 Å². The van der Waals surface area contributed by atoms with E-state index in [0.717, 1.165) is 31.2 Å². The zero-order valence-electron chi connectivity index (χ0n) is 13.9. The molecule has 2 aliphatic carbocycles. The van der Waals surface area contributed by atoms with E-state index < -0.39 is 0 Å². The highest BCUT2D eigenvalue weighted by atomic mass is 35.5. The van der Waals surface area contributed by atoms with E-state index in [1.807, 2.05) is 18.2 Å². The highest BCUT2D eigenvalue weighted by Crippen LogP contribution is 2.34. The Morgan fingerprint density at radius 1 is 1.13 bits per heavy atom. The molecule has 0 radical (unpaired) electrons. The van der Waals surface area contributed by atoms with Crippen molar-refractivity contribution in [2.75, 3.05) is 7.11 Å². The monoisotopic (exact) mass is 335 g/mol. The lowest BCUT2D eigenvalue weighted by molar-refractivity contribution is 0.0367. The van der Waals surface area contributed by atoms with E-state index in [1.165, 1.54) is 25.7 Å². The van der Waals surface area contributed by atoms with Gasteiger partial charge in [0, 0.05) is 18.0 Å². The molecule has 1 aromatic carbocycles. The van der Waals surface area contributed by atoms with Gasteiger partial charge in [0.2, 0.25) is 0 Å². The van der Waals surface area contributed by atoms with Crippen molar-refractivity contribution in [2.45, 2.75) is 69.3 Å². The maximum absolute atomic E-state index is 13.3. The van der Waals surface area contributed by atoms with Crippen LogP contribution >= 0.6 is 11.6 Å². The van der Waals surface area contributed by atoms with Crippen molar-refractivity contribution in [2.24, 2.45) is 0 Å². The lowest BCUT2D eigenvalue weighted by atomic mass is 9.86. The molecule has 0 spiro atoms. The summed E-state index contributed by atoms with van der Waals surface area (Å²) >= 11 is 5.90. The number of carbonyl (C=O) groups excluding carboxylic acids is 1. The van der Waals surface area contributed by atoms with Crippen molar-refractivity contribution >= 4 is 17.5 Å². The van der Waals surface area contributed by atoms with Crippen molar-refractivity contribution < 1.29 is 9.53 Å². The SMILES string of the molecule is COc1cc(CCl)ccc1C(=O)N(C1CCCCC1)C1CCC1. The topological polar surface area (TPSA) is 29.5 Å². The van der Waals surface area contributed by atoms with Crippen LogP contribution in [-0.2, 0) is 5.88 Å². The zero-order valence-corrected chi connectivity index (χ0v) is 14.6. The highest BCUT2D eigenvalue weighted by molar-refractivity contribution is 6.17. The number of alkyl halides is 1. The Balaban J connectivity index is 1.88. The van der Waals surface area contributed by atoms with Gasteiger partial charge in [-0.25, -0.2) is 0 Å². The van der Waals surface area contributed by atoms with Gasteiger partial charge in [-0.15, -0.1) is 11.6 Å². The van der Waals surface area contributed by atoms with Crippen LogP contribution in [0.15, 0.2) is 18.2 Å². The summed E-state index contributed by atoms with van der Waals surface area (Å²) in [6, 6.07) is 6.53. The van der Waals surface area contributed by atoms with Gasteiger partial charge in [0.1, 0.15) is 5.75 Å². The van der Waals surface area contributed by atoms with Gasteiger partial charge >= 0.3 is 0 Å². The number of methoxy groups -OCH3 is 1. The molecule has 3 rings (SSSR count). The van der Waals surface area contributed by atoms with E-state index >= 15 is 0 Å². The van der Waals surface area contributed by atoms with Crippen LogP contribution in [0.4, 0.5) is 0 Å². The van der Waals surface area contributed by atoms with Crippen LogP contribution in [0.5, 0.6) is 5.75 Å². The second-order valence-electron chi connectivity index (χ2n) is 6.76. The molecule has 1 amide bonds. The fraction of sp³-hybridized carbons (Fsp3) is 0.632. The number of rotatable bonds is 5. The van der Waals surface area contributed by atoms with Gasteiger partial charge in [0.05, 0.1) is 12.7 Å². The lowest BCUT2D eigenvalue weighted by Gasteiger charge is -2.44. The number of benzene rings is 1. The van der Waals surface area contributed by atoms with Gasteiger partial charge < -0.3 is 9.64 Å². The molecule has 0 N–H and O–H groups in total. The maximum Gasteiger partial charge on any atom is 0.258 e. The molecule has 0 atom stereocenters. The Morgan fingerprint density at radius 3 is 2.30 bits per heavy atom. The summed E-state index contributed by atoms with van der Waals surface area (Å²) < 4.78 is 5.47. The largest absolute Gasteiger partial charge is 0.496 e. The summed E-state index contributed by atoms with van der Waals surface area (Å²) in [6.45, 7) is 0. The fourth-order valence-electron chi connectivity index (χ4n) is 3.79. The Morgan fingerprint density at radius 2 is 1.78 bits per heavy atom. The summed E-state index contributed by atoms with van der Waals surface area (Å²) in [7, 11) is 1.62. The molecule has 126 valence electrons. The van der Waals surface area contributed by atoms with E-state index in [-0.39, 0.29) is 5.91 Å². The van der Waals surface area contributed by atoms with Gasteiger partial charge in [-0.2, -0.15) is 0 Å². The van der Waals surface area contributed by atoms with Gasteiger partial charge in [0.15, 0.2) is 0 Å². The predicted octanol–water partition coefficient (Wildman–Crippen LogP) is 4.76. The summed E-state index contributed by atoms with van der Waals surface area (Å²) in [5.41, 5.74) is 1.66. The molecule has 0 aromatic heterocycles. The van der Waals surface area contributed by atoms with E-state index in [4.69, 9.17) is 16.3 Å². The molecule has 0 bridgehead atoms. The molecule has 0 unspecified atom stereocenters. The molecule has 4 heteroatoms. The fourth-order valence-corrected chi connectivity index (χ4v) is 3.95. The third-order valence-corrected chi connectivity index (χ3v) is 5.63. The molecule has 0 saturated heterocycles. The normalized spacial score (nSPS) is 19.2. The molecular weight excluding hydrogens is 310 g/mol. The highest BCUT2D eigenvalue weighted by Gasteiger charge is 2.36. The van der Waals surface area contributed by atoms with Gasteiger partial charge in [-0.3, -0.25) is 4.79 Å². The lowest BCUT2D eigenvalue weighted by Crippen LogP contribution is -2.50. The number of nitrogens with zero attached hydrogens (tertiary/aromatic N) is 1. The number of ether oxygens (including phenoxy) is 1. The molecular formula is C19H26ClNO2. The second kappa shape index (κ2) is 7.57. The standard InChI is InChI=1S/C19H26ClNO2/c1-23-18-12-14(13-20)10-11-17(18)19(22)21(16-8-5-9-16)15-6-3-2-4-7-15/h10-12,15-16H,2-9,13H2,1H3. The predicted molar refractivity (Wildman–Crippen MR) is 93.2 cm³/mol. The first-order valence-electron chi connectivity index (χ1n) is 8.80. The van der Waals surface area contributed by atoms with E-state index in [2.05, 4.69) is 4.90 Å². The van der Waals surface area contributed by atoms with Crippen molar-refractivity contribution in [1.29, 1.82) is 0 Å². The number of hydrogen-bond donors (Lipinski definition) is 0. The van der Waals surface area contributed by atoms with E-state index in [1.54, 1.807) is 7.11 Å². The number of amides is 1. The van der Waals surface area contributed by atoms with Crippen LogP contribution in [0.1, 0.15) is 67.3 Å². The molecule has 1 aromatic rings. The minimum atomic E-state index is 0.138. The Hall–Kier alpha value is -1.22.